The molecule has 10 heavy (non-hydrogen) atoms. The van der Waals surface area contributed by atoms with Crippen LogP contribution in [-0.2, 0) is 9.53 Å². The largest absolute Gasteiger partial charge is 0.466 e. The van der Waals surface area contributed by atoms with Crippen LogP contribution >= 0.6 is 0 Å². The first kappa shape index (κ1) is 7.12. The van der Waals surface area contributed by atoms with Gasteiger partial charge in [0.15, 0.2) is 0 Å². The predicted octanol–water partition coefficient (Wildman–Crippen LogP) is 0.880. The normalized spacial score (nSPS) is 17.7. The molecule has 0 amide bonds. The van der Waals surface area contributed by atoms with Gasteiger partial charge in [-0.1, -0.05) is 0 Å². The summed E-state index contributed by atoms with van der Waals surface area (Å²) in [6, 6.07) is 0. The number of methoxy groups -OCH3 is 1. The molecule has 1 aliphatic rings. The van der Waals surface area contributed by atoms with Crippen LogP contribution in [-0.4, -0.2) is 13.1 Å². The van der Waals surface area contributed by atoms with Crippen LogP contribution in [0.1, 0.15) is 19.3 Å². The molecule has 0 bridgehead atoms. The molecule has 0 atom stereocenters. The van der Waals surface area contributed by atoms with Gasteiger partial charge in [-0.05, 0) is 19.3 Å². The molecule has 55 valence electrons. The lowest BCUT2D eigenvalue weighted by Crippen LogP contribution is -2.04. The highest BCUT2D eigenvalue weighted by Gasteiger charge is 2.19. The minimum atomic E-state index is -0.331. The van der Waals surface area contributed by atoms with E-state index in [4.69, 9.17) is 5.73 Å². The van der Waals surface area contributed by atoms with E-state index in [1.165, 1.54) is 7.11 Å². The van der Waals surface area contributed by atoms with Gasteiger partial charge in [0.2, 0.25) is 0 Å². The van der Waals surface area contributed by atoms with Crippen molar-refractivity contribution in [2.24, 2.45) is 0 Å². The zero-order valence-electron chi connectivity index (χ0n) is 5.94. The quantitative estimate of drug-likeness (QED) is 0.507. The van der Waals surface area contributed by atoms with Crippen LogP contribution in [0.2, 0.25) is 0 Å². The fourth-order valence-corrected chi connectivity index (χ4v) is 1.09. The molecule has 1 N–H and O–H groups in total. The first-order chi connectivity index (χ1) is 4.75. The second kappa shape index (κ2) is 2.73. The van der Waals surface area contributed by atoms with E-state index in [0.717, 1.165) is 12.8 Å². The lowest BCUT2D eigenvalue weighted by molar-refractivity contribution is -0.136. The van der Waals surface area contributed by atoms with Gasteiger partial charge in [-0.2, -0.15) is 0 Å². The number of hydrogen-bond donors (Lipinski definition) is 0. The summed E-state index contributed by atoms with van der Waals surface area (Å²) < 4.78 is 4.49. The maximum Gasteiger partial charge on any atom is 0.335 e. The molecule has 1 rings (SSSR count). The highest BCUT2D eigenvalue weighted by Crippen LogP contribution is 2.23. The third-order valence-corrected chi connectivity index (χ3v) is 1.65. The molecule has 3 heteroatoms. The van der Waals surface area contributed by atoms with Crippen molar-refractivity contribution in [3.8, 4) is 0 Å². The number of carbonyl (C=O) groups is 1. The molecule has 0 heterocycles. The summed E-state index contributed by atoms with van der Waals surface area (Å²) in [6.45, 7) is 0. The fourth-order valence-electron chi connectivity index (χ4n) is 1.09. The van der Waals surface area contributed by atoms with Gasteiger partial charge in [0, 0.05) is 5.70 Å². The van der Waals surface area contributed by atoms with Crippen LogP contribution in [0.3, 0.4) is 0 Å². The summed E-state index contributed by atoms with van der Waals surface area (Å²) >= 11 is 0. The van der Waals surface area contributed by atoms with Gasteiger partial charge in [0.25, 0.3) is 0 Å². The van der Waals surface area contributed by atoms with Crippen LogP contribution in [0.5, 0.6) is 0 Å². The maximum absolute atomic E-state index is 10.8. The van der Waals surface area contributed by atoms with E-state index < -0.39 is 0 Å². The second-order valence-electron chi connectivity index (χ2n) is 2.30. The average molecular weight is 140 g/mol. The van der Waals surface area contributed by atoms with Crippen LogP contribution in [0.15, 0.2) is 11.3 Å². The Morgan fingerprint density at radius 3 is 2.70 bits per heavy atom. The van der Waals surface area contributed by atoms with Gasteiger partial charge in [-0.25, -0.2) is 4.79 Å². The monoisotopic (exact) mass is 140 g/mol. The number of carbonyl (C=O) groups excluding carboxylic acids is 1. The first-order valence-electron chi connectivity index (χ1n) is 3.27. The lowest BCUT2D eigenvalue weighted by atomic mass is 10.2. The molecular weight excluding hydrogens is 130 g/mol. The summed E-state index contributed by atoms with van der Waals surface area (Å²) in [5.74, 6) is -0.331. The number of rotatable bonds is 1. The van der Waals surface area contributed by atoms with E-state index in [9.17, 15) is 4.79 Å². The van der Waals surface area contributed by atoms with E-state index in [2.05, 4.69) is 4.74 Å². The summed E-state index contributed by atoms with van der Waals surface area (Å²) in [7, 11) is 1.35. The molecule has 1 radical (unpaired) electrons. The van der Waals surface area contributed by atoms with Crippen molar-refractivity contribution in [2.45, 2.75) is 19.3 Å². The summed E-state index contributed by atoms with van der Waals surface area (Å²) in [6.07, 6.45) is 2.36. The number of hydrogen-bond acceptors (Lipinski definition) is 2. The Labute approximate surface area is 59.8 Å². The number of esters is 1. The van der Waals surface area contributed by atoms with Gasteiger partial charge in [0.1, 0.15) is 0 Å². The van der Waals surface area contributed by atoms with Crippen molar-refractivity contribution in [1.29, 1.82) is 0 Å². The Morgan fingerprint density at radius 1 is 1.60 bits per heavy atom. The predicted molar refractivity (Wildman–Crippen MR) is 36.0 cm³/mol. The van der Waals surface area contributed by atoms with Crippen LogP contribution in [0, 0.1) is 0 Å². The van der Waals surface area contributed by atoms with Crippen molar-refractivity contribution in [1.82, 2.24) is 5.73 Å². The molecule has 0 aromatic rings. The summed E-state index contributed by atoms with van der Waals surface area (Å²) in [5.41, 5.74) is 8.31. The van der Waals surface area contributed by atoms with Crippen molar-refractivity contribution in [3.05, 3.63) is 11.3 Å². The Kier molecular flexibility index (Phi) is 1.94. The van der Waals surface area contributed by atoms with Gasteiger partial charge < -0.3 is 10.5 Å². The molecule has 0 unspecified atom stereocenters. The molecule has 0 aliphatic heterocycles. The zero-order chi connectivity index (χ0) is 7.56. The van der Waals surface area contributed by atoms with Crippen molar-refractivity contribution in [3.63, 3.8) is 0 Å². The Morgan fingerprint density at radius 2 is 2.30 bits per heavy atom. The standard InChI is InChI=1S/C7H10NO2/c1-10-7(9)5-3-2-4-6(5)8/h8H,2-4H2,1H3. The highest BCUT2D eigenvalue weighted by molar-refractivity contribution is 5.89. The van der Waals surface area contributed by atoms with Gasteiger partial charge in [-0.15, -0.1) is 0 Å². The second-order valence-corrected chi connectivity index (χ2v) is 2.30. The SMILES string of the molecule is COC(=O)C1=C([NH])CCC1. The average Bonchev–Trinajstić information content (AvgIpc) is 2.34. The molecule has 0 aromatic carbocycles. The van der Waals surface area contributed by atoms with E-state index in [-0.39, 0.29) is 5.97 Å². The van der Waals surface area contributed by atoms with Crippen molar-refractivity contribution >= 4 is 5.97 Å². The van der Waals surface area contributed by atoms with E-state index >= 15 is 0 Å². The van der Waals surface area contributed by atoms with Gasteiger partial charge in [0.05, 0.1) is 12.7 Å². The smallest absolute Gasteiger partial charge is 0.335 e. The Hall–Kier alpha value is -0.990. The highest BCUT2D eigenvalue weighted by atomic mass is 16.5. The lowest BCUT2D eigenvalue weighted by Gasteiger charge is -1.98. The fraction of sp³-hybridized carbons (Fsp3) is 0.571. The minimum Gasteiger partial charge on any atom is -0.466 e. The van der Waals surface area contributed by atoms with Crippen LogP contribution in [0.4, 0.5) is 0 Å². The van der Waals surface area contributed by atoms with E-state index in [0.29, 0.717) is 17.7 Å². The van der Waals surface area contributed by atoms with Gasteiger partial charge in [-0.3, -0.25) is 0 Å². The number of nitrogens with one attached hydrogen (secondary N) is 1. The van der Waals surface area contributed by atoms with E-state index in [1.54, 1.807) is 0 Å². The van der Waals surface area contributed by atoms with E-state index in [1.807, 2.05) is 0 Å². The molecule has 0 fully saturated rings. The van der Waals surface area contributed by atoms with Gasteiger partial charge >= 0.3 is 5.97 Å². The molecule has 0 saturated carbocycles. The molecule has 0 saturated heterocycles. The summed E-state index contributed by atoms with van der Waals surface area (Å²) in [5, 5.41) is 0. The Bertz CT molecular complexity index is 184. The third kappa shape index (κ3) is 1.12. The number of ether oxygens (including phenoxy) is 1. The minimum absolute atomic E-state index is 0.331. The first-order valence-corrected chi connectivity index (χ1v) is 3.27. The van der Waals surface area contributed by atoms with Crippen LogP contribution in [0.25, 0.3) is 0 Å². The molecule has 0 spiro atoms. The molecular formula is C7H10NO2. The third-order valence-electron chi connectivity index (χ3n) is 1.65. The Balaban J connectivity index is 2.71. The summed E-state index contributed by atoms with van der Waals surface area (Å²) in [4.78, 5) is 10.8. The molecule has 3 nitrogen and oxygen atoms in total. The van der Waals surface area contributed by atoms with Crippen LogP contribution < -0.4 is 5.73 Å². The van der Waals surface area contributed by atoms with Crippen molar-refractivity contribution in [2.75, 3.05) is 7.11 Å². The zero-order valence-corrected chi connectivity index (χ0v) is 5.94. The molecule has 0 aromatic heterocycles. The van der Waals surface area contributed by atoms with Crippen molar-refractivity contribution < 1.29 is 9.53 Å². The topological polar surface area (TPSA) is 50.1 Å². The number of allylic oxidation sites excluding steroid dienone is 1. The maximum atomic E-state index is 10.8. The molecule has 1 aliphatic carbocycles.